The van der Waals surface area contributed by atoms with E-state index in [0.29, 0.717) is 0 Å². The summed E-state index contributed by atoms with van der Waals surface area (Å²) in [5.41, 5.74) is 6.77. The van der Waals surface area contributed by atoms with Gasteiger partial charge in [0.1, 0.15) is 0 Å². The van der Waals surface area contributed by atoms with Crippen LogP contribution in [0.25, 0.3) is 0 Å². The van der Waals surface area contributed by atoms with Gasteiger partial charge in [0.2, 0.25) is 0 Å². The predicted octanol–water partition coefficient (Wildman–Crippen LogP) is 1.69. The maximum atomic E-state index is 5.40. The molecule has 48 valence electrons. The SMILES string of the molecule is CC/C=C(/CC)CN. The van der Waals surface area contributed by atoms with Crippen LogP contribution in [-0.2, 0) is 0 Å². The molecule has 0 aromatic rings. The summed E-state index contributed by atoms with van der Waals surface area (Å²) in [4.78, 5) is 0. The third kappa shape index (κ3) is 2.80. The fraction of sp³-hybridized carbons (Fsp3) is 0.714. The zero-order valence-electron chi connectivity index (χ0n) is 5.78. The van der Waals surface area contributed by atoms with Crippen molar-refractivity contribution >= 4 is 0 Å². The summed E-state index contributed by atoms with van der Waals surface area (Å²) in [5, 5.41) is 0. The van der Waals surface area contributed by atoms with Crippen LogP contribution in [0.15, 0.2) is 11.6 Å². The van der Waals surface area contributed by atoms with Gasteiger partial charge < -0.3 is 5.73 Å². The van der Waals surface area contributed by atoms with Crippen molar-refractivity contribution in [3.63, 3.8) is 0 Å². The Hall–Kier alpha value is -0.300. The molecular formula is C7H15N. The van der Waals surface area contributed by atoms with E-state index in [-0.39, 0.29) is 0 Å². The van der Waals surface area contributed by atoms with Crippen LogP contribution in [0, 0.1) is 0 Å². The zero-order valence-corrected chi connectivity index (χ0v) is 5.78. The molecule has 0 saturated carbocycles. The normalized spacial score (nSPS) is 12.1. The molecule has 0 aliphatic rings. The number of allylic oxidation sites excluding steroid dienone is 1. The lowest BCUT2D eigenvalue weighted by atomic mass is 10.2. The summed E-state index contributed by atoms with van der Waals surface area (Å²) >= 11 is 0. The molecule has 0 rings (SSSR count). The van der Waals surface area contributed by atoms with E-state index in [1.807, 2.05) is 0 Å². The number of hydrogen-bond acceptors (Lipinski definition) is 1. The lowest BCUT2D eigenvalue weighted by Crippen LogP contribution is -2.01. The molecule has 1 heteroatoms. The van der Waals surface area contributed by atoms with E-state index >= 15 is 0 Å². The summed E-state index contributed by atoms with van der Waals surface area (Å²) < 4.78 is 0. The molecule has 8 heavy (non-hydrogen) atoms. The molecule has 0 aromatic heterocycles. The first kappa shape index (κ1) is 7.70. The second-order valence-electron chi connectivity index (χ2n) is 1.83. The Morgan fingerprint density at radius 3 is 2.25 bits per heavy atom. The lowest BCUT2D eigenvalue weighted by molar-refractivity contribution is 0.983. The van der Waals surface area contributed by atoms with Crippen molar-refractivity contribution in [2.45, 2.75) is 26.7 Å². The first-order chi connectivity index (χ1) is 3.85. The molecule has 0 aliphatic heterocycles. The Morgan fingerprint density at radius 1 is 1.50 bits per heavy atom. The molecule has 2 N–H and O–H groups in total. The predicted molar refractivity (Wildman–Crippen MR) is 37.7 cm³/mol. The van der Waals surface area contributed by atoms with Crippen molar-refractivity contribution in [1.29, 1.82) is 0 Å². The van der Waals surface area contributed by atoms with Gasteiger partial charge in [0, 0.05) is 6.54 Å². The molecule has 0 aliphatic carbocycles. The van der Waals surface area contributed by atoms with E-state index in [0.717, 1.165) is 19.4 Å². The van der Waals surface area contributed by atoms with Crippen molar-refractivity contribution in [1.82, 2.24) is 0 Å². The monoisotopic (exact) mass is 113 g/mol. The Labute approximate surface area is 51.6 Å². The van der Waals surface area contributed by atoms with Crippen molar-refractivity contribution in [3.05, 3.63) is 11.6 Å². The van der Waals surface area contributed by atoms with Crippen LogP contribution in [0.4, 0.5) is 0 Å². The highest BCUT2D eigenvalue weighted by Gasteiger charge is 1.84. The Kier molecular flexibility index (Phi) is 4.67. The van der Waals surface area contributed by atoms with Gasteiger partial charge in [-0.25, -0.2) is 0 Å². The molecule has 0 heterocycles. The zero-order chi connectivity index (χ0) is 6.41. The average Bonchev–Trinajstić information content (AvgIpc) is 1.83. The van der Waals surface area contributed by atoms with Gasteiger partial charge in [-0.2, -0.15) is 0 Å². The molecule has 0 aromatic carbocycles. The fourth-order valence-electron chi connectivity index (χ4n) is 0.661. The van der Waals surface area contributed by atoms with E-state index in [2.05, 4.69) is 19.9 Å². The van der Waals surface area contributed by atoms with E-state index in [4.69, 9.17) is 5.73 Å². The first-order valence-corrected chi connectivity index (χ1v) is 3.23. The molecule has 0 fully saturated rings. The van der Waals surface area contributed by atoms with E-state index in [1.54, 1.807) is 0 Å². The fourth-order valence-corrected chi connectivity index (χ4v) is 0.661. The summed E-state index contributed by atoms with van der Waals surface area (Å²) in [6, 6.07) is 0. The molecule has 1 nitrogen and oxygen atoms in total. The van der Waals surface area contributed by atoms with Crippen LogP contribution in [0.1, 0.15) is 26.7 Å². The first-order valence-electron chi connectivity index (χ1n) is 3.23. The smallest absolute Gasteiger partial charge is 0.0136 e. The second-order valence-corrected chi connectivity index (χ2v) is 1.83. The average molecular weight is 113 g/mol. The molecule has 0 radical (unpaired) electrons. The number of rotatable bonds is 3. The van der Waals surface area contributed by atoms with Gasteiger partial charge in [-0.3, -0.25) is 0 Å². The molecule has 0 atom stereocenters. The Morgan fingerprint density at radius 2 is 2.12 bits per heavy atom. The highest BCUT2D eigenvalue weighted by Crippen LogP contribution is 1.97. The Bertz CT molecular complexity index is 68.5. The topological polar surface area (TPSA) is 26.0 Å². The van der Waals surface area contributed by atoms with Crippen LogP contribution in [0.5, 0.6) is 0 Å². The molecular weight excluding hydrogens is 98.1 g/mol. The number of nitrogens with two attached hydrogens (primary N) is 1. The molecule has 0 unspecified atom stereocenters. The van der Waals surface area contributed by atoms with Crippen LogP contribution in [0.3, 0.4) is 0 Å². The lowest BCUT2D eigenvalue weighted by Gasteiger charge is -1.95. The van der Waals surface area contributed by atoms with Crippen LogP contribution in [0.2, 0.25) is 0 Å². The summed E-state index contributed by atoms with van der Waals surface area (Å²) in [7, 11) is 0. The van der Waals surface area contributed by atoms with Crippen LogP contribution in [-0.4, -0.2) is 6.54 Å². The number of hydrogen-bond donors (Lipinski definition) is 1. The Balaban J connectivity index is 3.49. The minimum absolute atomic E-state index is 0.727. The van der Waals surface area contributed by atoms with Gasteiger partial charge in [-0.1, -0.05) is 25.5 Å². The minimum Gasteiger partial charge on any atom is -0.327 e. The maximum Gasteiger partial charge on any atom is 0.0136 e. The minimum atomic E-state index is 0.727. The van der Waals surface area contributed by atoms with Gasteiger partial charge in [-0.15, -0.1) is 0 Å². The molecule has 0 amide bonds. The summed E-state index contributed by atoms with van der Waals surface area (Å²) in [6.45, 7) is 4.99. The van der Waals surface area contributed by atoms with Gasteiger partial charge in [0.05, 0.1) is 0 Å². The molecule has 0 spiro atoms. The standard InChI is InChI=1S/C7H15N/c1-3-5-7(4-2)6-8/h5H,3-4,6,8H2,1-2H3/b7-5-. The van der Waals surface area contributed by atoms with Gasteiger partial charge in [0.15, 0.2) is 0 Å². The van der Waals surface area contributed by atoms with Crippen molar-refractivity contribution in [2.75, 3.05) is 6.54 Å². The van der Waals surface area contributed by atoms with Gasteiger partial charge in [0.25, 0.3) is 0 Å². The van der Waals surface area contributed by atoms with Gasteiger partial charge >= 0.3 is 0 Å². The van der Waals surface area contributed by atoms with Crippen molar-refractivity contribution < 1.29 is 0 Å². The molecule has 0 saturated heterocycles. The van der Waals surface area contributed by atoms with E-state index < -0.39 is 0 Å². The van der Waals surface area contributed by atoms with Crippen LogP contribution < -0.4 is 5.73 Å². The second kappa shape index (κ2) is 4.85. The quantitative estimate of drug-likeness (QED) is 0.554. The van der Waals surface area contributed by atoms with E-state index in [1.165, 1.54) is 5.57 Å². The summed E-state index contributed by atoms with van der Waals surface area (Å²) in [5.74, 6) is 0. The van der Waals surface area contributed by atoms with Crippen molar-refractivity contribution in [2.24, 2.45) is 5.73 Å². The van der Waals surface area contributed by atoms with E-state index in [9.17, 15) is 0 Å². The molecule has 0 bridgehead atoms. The van der Waals surface area contributed by atoms with Crippen LogP contribution >= 0.6 is 0 Å². The van der Waals surface area contributed by atoms with Crippen molar-refractivity contribution in [3.8, 4) is 0 Å². The maximum absolute atomic E-state index is 5.40. The summed E-state index contributed by atoms with van der Waals surface area (Å²) in [6.07, 6.45) is 4.41. The third-order valence-corrected chi connectivity index (χ3v) is 1.21. The largest absolute Gasteiger partial charge is 0.327 e. The third-order valence-electron chi connectivity index (χ3n) is 1.21. The highest BCUT2D eigenvalue weighted by molar-refractivity contribution is 5.01. The highest BCUT2D eigenvalue weighted by atomic mass is 14.5. The van der Waals surface area contributed by atoms with Gasteiger partial charge in [-0.05, 0) is 12.8 Å².